The molecule has 2 heterocycles. The Labute approximate surface area is 146 Å². The van der Waals surface area contributed by atoms with Gasteiger partial charge >= 0.3 is 0 Å². The van der Waals surface area contributed by atoms with E-state index in [1.165, 1.54) is 24.8 Å². The van der Waals surface area contributed by atoms with Gasteiger partial charge in [0.05, 0.1) is 12.7 Å². The zero-order valence-electron chi connectivity index (χ0n) is 14.2. The van der Waals surface area contributed by atoms with Gasteiger partial charge in [-0.15, -0.1) is 0 Å². The molecule has 1 saturated heterocycles. The van der Waals surface area contributed by atoms with E-state index in [1.807, 2.05) is 24.3 Å². The number of hydrogen-bond donors (Lipinski definition) is 0. The minimum absolute atomic E-state index is 0.0793. The fourth-order valence-corrected chi connectivity index (χ4v) is 4.13. The van der Waals surface area contributed by atoms with Crippen molar-refractivity contribution in [2.45, 2.75) is 37.9 Å². The largest absolute Gasteiger partial charge is 0.494 e. The normalized spacial score (nSPS) is 22.8. The van der Waals surface area contributed by atoms with Crippen LogP contribution in [0.1, 0.15) is 30.4 Å². The summed E-state index contributed by atoms with van der Waals surface area (Å²) in [6.07, 6.45) is 4.82. The molecule has 2 aliphatic heterocycles. The lowest BCUT2D eigenvalue weighted by Gasteiger charge is -2.34. The van der Waals surface area contributed by atoms with Crippen molar-refractivity contribution in [1.82, 2.24) is 4.90 Å². The molecule has 0 amide bonds. The average Bonchev–Trinajstić information content (AvgIpc) is 2.85. The summed E-state index contributed by atoms with van der Waals surface area (Å²) in [6, 6.07) is 13.5. The molecule has 4 rings (SSSR count). The molecular weight excluding hydrogens is 320 g/mol. The topological polar surface area (TPSA) is 12.5 Å². The maximum absolute atomic E-state index is 14.6. The number of hydrogen-bond acceptors (Lipinski definition) is 2. The fraction of sp³-hybridized carbons (Fsp3) is 0.333. The maximum atomic E-state index is 14.6. The Hall–Kier alpha value is -2.20. The van der Waals surface area contributed by atoms with Gasteiger partial charge in [0.25, 0.3) is 0 Å². The van der Waals surface area contributed by atoms with Gasteiger partial charge in [0.2, 0.25) is 0 Å². The Bertz CT molecular complexity index is 803. The molecule has 2 aromatic carbocycles. The lowest BCUT2D eigenvalue weighted by molar-refractivity contribution is 0.203. The highest BCUT2D eigenvalue weighted by molar-refractivity contribution is 5.70. The van der Waals surface area contributed by atoms with Gasteiger partial charge in [-0.05, 0) is 42.5 Å². The Kier molecular flexibility index (Phi) is 4.30. The molecule has 130 valence electrons. The van der Waals surface area contributed by atoms with Crippen LogP contribution in [0, 0.1) is 11.6 Å². The molecule has 0 aromatic heterocycles. The third-order valence-electron chi connectivity index (χ3n) is 5.34. The lowest BCUT2D eigenvalue weighted by atomic mass is 9.93. The molecule has 0 radical (unpaired) electrons. The van der Waals surface area contributed by atoms with Crippen LogP contribution in [0.3, 0.4) is 0 Å². The Morgan fingerprint density at radius 3 is 2.60 bits per heavy atom. The first-order chi connectivity index (χ1) is 12.2. The van der Waals surface area contributed by atoms with E-state index in [2.05, 4.69) is 17.0 Å². The number of halogens is 2. The van der Waals surface area contributed by atoms with Gasteiger partial charge in [0, 0.05) is 18.6 Å². The number of nitrogens with zero attached hydrogens (tertiary/aromatic N) is 1. The number of fused-ring (bicyclic) bond motifs is 2. The summed E-state index contributed by atoms with van der Waals surface area (Å²) in [4.78, 5) is 2.45. The minimum Gasteiger partial charge on any atom is -0.494 e. The molecule has 2 nitrogen and oxygen atoms in total. The Morgan fingerprint density at radius 1 is 1.08 bits per heavy atom. The number of benzene rings is 2. The minimum atomic E-state index is -0.593. The van der Waals surface area contributed by atoms with Gasteiger partial charge in [0.15, 0.2) is 11.6 Å². The second-order valence-electron chi connectivity index (χ2n) is 6.79. The van der Waals surface area contributed by atoms with Crippen molar-refractivity contribution in [3.05, 3.63) is 71.3 Å². The highest BCUT2D eigenvalue weighted by Crippen LogP contribution is 2.41. The molecule has 25 heavy (non-hydrogen) atoms. The summed E-state index contributed by atoms with van der Waals surface area (Å²) >= 11 is 0. The van der Waals surface area contributed by atoms with Crippen molar-refractivity contribution in [3.8, 4) is 5.75 Å². The van der Waals surface area contributed by atoms with E-state index >= 15 is 0 Å². The van der Waals surface area contributed by atoms with Crippen molar-refractivity contribution in [3.63, 3.8) is 0 Å². The van der Waals surface area contributed by atoms with E-state index in [9.17, 15) is 8.78 Å². The predicted octanol–water partition coefficient (Wildman–Crippen LogP) is 4.79. The van der Waals surface area contributed by atoms with Gasteiger partial charge in [-0.2, -0.15) is 0 Å². The summed E-state index contributed by atoms with van der Waals surface area (Å²) in [7, 11) is 1.40. The van der Waals surface area contributed by atoms with Gasteiger partial charge < -0.3 is 4.74 Å². The van der Waals surface area contributed by atoms with E-state index in [0.29, 0.717) is 12.5 Å². The van der Waals surface area contributed by atoms with Crippen LogP contribution < -0.4 is 4.74 Å². The second-order valence-corrected chi connectivity index (χ2v) is 6.79. The van der Waals surface area contributed by atoms with Crippen molar-refractivity contribution in [2.75, 3.05) is 7.11 Å². The molecule has 0 saturated carbocycles. The van der Waals surface area contributed by atoms with Crippen molar-refractivity contribution in [1.29, 1.82) is 0 Å². The molecular formula is C21H21F2NO. The van der Waals surface area contributed by atoms with E-state index in [1.54, 1.807) is 0 Å². The predicted molar refractivity (Wildman–Crippen MR) is 94.3 cm³/mol. The molecule has 2 aliphatic rings. The summed E-state index contributed by atoms with van der Waals surface area (Å²) in [5.74, 6) is -1.01. The molecule has 2 atom stereocenters. The number of rotatable bonds is 4. The van der Waals surface area contributed by atoms with Crippen LogP contribution in [0.25, 0.3) is 5.57 Å². The zero-order valence-corrected chi connectivity index (χ0v) is 14.2. The van der Waals surface area contributed by atoms with Gasteiger partial charge in [0.1, 0.15) is 5.82 Å². The molecule has 2 aromatic rings. The third kappa shape index (κ3) is 2.95. The van der Waals surface area contributed by atoms with Crippen LogP contribution in [0.4, 0.5) is 8.78 Å². The van der Waals surface area contributed by atoms with Crippen molar-refractivity contribution in [2.24, 2.45) is 0 Å². The molecule has 1 fully saturated rings. The van der Waals surface area contributed by atoms with Crippen molar-refractivity contribution >= 4 is 5.57 Å². The standard InChI is InChI=1S/C21H21F2NO/c1-25-19-10-9-18(22)20(21(19)23)15-11-16-7-8-17(12-15)24(16)13-14-5-3-2-4-6-14/h2-6,9-11,16-17H,7-8,12-13H2,1H3. The quantitative estimate of drug-likeness (QED) is 0.792. The van der Waals surface area contributed by atoms with E-state index < -0.39 is 11.6 Å². The Balaban J connectivity index is 1.64. The zero-order chi connectivity index (χ0) is 17.4. The second kappa shape index (κ2) is 6.60. The molecule has 4 heteroatoms. The van der Waals surface area contributed by atoms with Gasteiger partial charge in [-0.25, -0.2) is 8.78 Å². The van der Waals surface area contributed by atoms with E-state index in [0.717, 1.165) is 25.0 Å². The van der Waals surface area contributed by atoms with Crippen molar-refractivity contribution < 1.29 is 13.5 Å². The third-order valence-corrected chi connectivity index (χ3v) is 5.34. The lowest BCUT2D eigenvalue weighted by Crippen LogP contribution is -2.37. The van der Waals surface area contributed by atoms with Gasteiger partial charge in [-0.3, -0.25) is 4.90 Å². The van der Waals surface area contributed by atoms with E-state index in [4.69, 9.17) is 4.74 Å². The first-order valence-electron chi connectivity index (χ1n) is 8.70. The van der Waals surface area contributed by atoms with Crippen LogP contribution in [-0.4, -0.2) is 24.1 Å². The van der Waals surface area contributed by atoms with Crippen LogP contribution in [-0.2, 0) is 6.54 Å². The average molecular weight is 341 g/mol. The van der Waals surface area contributed by atoms with Crippen LogP contribution >= 0.6 is 0 Å². The summed E-state index contributed by atoms with van der Waals surface area (Å²) in [6.45, 7) is 0.878. The SMILES string of the molecule is COc1ccc(F)c(C2=CC3CCC(C2)N3Cc2ccccc2)c1F. The monoisotopic (exact) mass is 341 g/mol. The molecule has 0 aliphatic carbocycles. The highest BCUT2D eigenvalue weighted by Gasteiger charge is 2.37. The first-order valence-corrected chi connectivity index (χ1v) is 8.70. The van der Waals surface area contributed by atoms with Crippen LogP contribution in [0.15, 0.2) is 48.5 Å². The number of ether oxygens (including phenoxy) is 1. The summed E-state index contributed by atoms with van der Waals surface area (Å²) < 4.78 is 34.0. The van der Waals surface area contributed by atoms with Crippen LogP contribution in [0.5, 0.6) is 5.75 Å². The highest BCUT2D eigenvalue weighted by atomic mass is 19.1. The number of methoxy groups -OCH3 is 1. The van der Waals surface area contributed by atoms with E-state index in [-0.39, 0.29) is 17.4 Å². The van der Waals surface area contributed by atoms with Crippen LogP contribution in [0.2, 0.25) is 0 Å². The molecule has 2 bridgehead atoms. The molecule has 0 spiro atoms. The molecule has 0 N–H and O–H groups in total. The fourth-order valence-electron chi connectivity index (χ4n) is 4.13. The Morgan fingerprint density at radius 2 is 1.88 bits per heavy atom. The smallest absolute Gasteiger partial charge is 0.175 e. The maximum Gasteiger partial charge on any atom is 0.175 e. The summed E-state index contributed by atoms with van der Waals surface area (Å²) in [5.41, 5.74) is 2.12. The van der Waals surface area contributed by atoms with Gasteiger partial charge in [-0.1, -0.05) is 36.4 Å². The summed E-state index contributed by atoms with van der Waals surface area (Å²) in [5, 5.41) is 0. The first kappa shape index (κ1) is 16.3. The molecule has 2 unspecified atom stereocenters.